The maximum absolute atomic E-state index is 5.17. The van der Waals surface area contributed by atoms with E-state index in [9.17, 15) is 0 Å². The molecule has 0 unspecified atom stereocenters. The summed E-state index contributed by atoms with van der Waals surface area (Å²) in [5, 5.41) is 0. The molecule has 0 saturated heterocycles. The average Bonchev–Trinajstić information content (AvgIpc) is 2.72. The van der Waals surface area contributed by atoms with Gasteiger partial charge in [-0.15, -0.1) is 0 Å². The van der Waals surface area contributed by atoms with Crippen LogP contribution in [0.5, 0.6) is 5.75 Å². The first-order valence-corrected chi connectivity index (χ1v) is 5.34. The molecule has 0 aliphatic rings. The summed E-state index contributed by atoms with van der Waals surface area (Å²) in [6.45, 7) is 0.769. The lowest BCUT2D eigenvalue weighted by atomic mass is 10.3. The van der Waals surface area contributed by atoms with Crippen molar-refractivity contribution in [1.29, 1.82) is 0 Å². The molecule has 2 aromatic heterocycles. The fourth-order valence-corrected chi connectivity index (χ4v) is 1.72. The van der Waals surface area contributed by atoms with Crippen LogP contribution in [-0.4, -0.2) is 30.2 Å². The first-order valence-electron chi connectivity index (χ1n) is 5.34. The number of aromatic nitrogens is 2. The van der Waals surface area contributed by atoms with E-state index < -0.39 is 0 Å². The molecule has 0 bridgehead atoms. The zero-order chi connectivity index (χ0) is 11.4. The molecule has 2 rings (SSSR count). The Morgan fingerprint density at radius 3 is 3.00 bits per heavy atom. The van der Waals surface area contributed by atoms with Gasteiger partial charge in [0.05, 0.1) is 18.8 Å². The summed E-state index contributed by atoms with van der Waals surface area (Å²) < 4.78 is 12.3. The molecule has 0 amide bonds. The highest BCUT2D eigenvalue weighted by Crippen LogP contribution is 2.16. The van der Waals surface area contributed by atoms with Crippen LogP contribution in [0.4, 0.5) is 0 Å². The molecule has 0 fully saturated rings. The zero-order valence-electron chi connectivity index (χ0n) is 9.64. The number of hydrogen-bond donors (Lipinski definition) is 0. The number of nitrogens with zero attached hydrogens (tertiary/aromatic N) is 2. The number of hydrogen-bond acceptors (Lipinski definition) is 3. The van der Waals surface area contributed by atoms with E-state index in [1.165, 1.54) is 0 Å². The Morgan fingerprint density at radius 2 is 2.25 bits per heavy atom. The predicted octanol–water partition coefficient (Wildman–Crippen LogP) is 1.92. The summed E-state index contributed by atoms with van der Waals surface area (Å²) in [6.07, 6.45) is 5.77. The minimum atomic E-state index is 0.769. The van der Waals surface area contributed by atoms with E-state index in [0.717, 1.165) is 36.5 Å². The lowest BCUT2D eigenvalue weighted by Gasteiger charge is -2.03. The highest BCUT2D eigenvalue weighted by atomic mass is 16.5. The molecule has 0 radical (unpaired) electrons. The van der Waals surface area contributed by atoms with Crippen molar-refractivity contribution in [1.82, 2.24) is 9.38 Å². The van der Waals surface area contributed by atoms with Crippen LogP contribution in [0.25, 0.3) is 5.52 Å². The van der Waals surface area contributed by atoms with Gasteiger partial charge in [0.15, 0.2) is 0 Å². The van der Waals surface area contributed by atoms with E-state index in [2.05, 4.69) is 9.38 Å². The maximum atomic E-state index is 5.17. The van der Waals surface area contributed by atoms with Crippen molar-refractivity contribution in [3.8, 4) is 5.75 Å². The second-order valence-corrected chi connectivity index (χ2v) is 3.63. The molecule has 0 aliphatic heterocycles. The molecule has 4 nitrogen and oxygen atoms in total. The lowest BCUT2D eigenvalue weighted by Crippen LogP contribution is -1.98. The zero-order valence-corrected chi connectivity index (χ0v) is 9.64. The second kappa shape index (κ2) is 4.99. The van der Waals surface area contributed by atoms with Gasteiger partial charge in [-0.25, -0.2) is 4.98 Å². The van der Waals surface area contributed by atoms with Crippen molar-refractivity contribution in [2.45, 2.75) is 12.8 Å². The quantitative estimate of drug-likeness (QED) is 0.722. The second-order valence-electron chi connectivity index (χ2n) is 3.63. The van der Waals surface area contributed by atoms with Gasteiger partial charge >= 0.3 is 0 Å². The molecular formula is C12H16N2O2. The monoisotopic (exact) mass is 220 g/mol. The topological polar surface area (TPSA) is 35.8 Å². The van der Waals surface area contributed by atoms with E-state index in [1.807, 2.05) is 24.5 Å². The Kier molecular flexibility index (Phi) is 3.41. The Balaban J connectivity index is 2.20. The predicted molar refractivity (Wildman–Crippen MR) is 61.9 cm³/mol. The van der Waals surface area contributed by atoms with Crippen molar-refractivity contribution in [2.75, 3.05) is 20.8 Å². The van der Waals surface area contributed by atoms with Crippen LogP contribution in [0.1, 0.15) is 12.2 Å². The number of methoxy groups -OCH3 is 2. The summed E-state index contributed by atoms with van der Waals surface area (Å²) >= 11 is 0. The van der Waals surface area contributed by atoms with Crippen LogP contribution < -0.4 is 4.74 Å². The number of pyridine rings is 1. The molecule has 0 N–H and O–H groups in total. The molecule has 0 atom stereocenters. The fraction of sp³-hybridized carbons (Fsp3) is 0.417. The number of fused-ring (bicyclic) bond motifs is 1. The Labute approximate surface area is 94.8 Å². The molecule has 0 aromatic carbocycles. The average molecular weight is 220 g/mol. The molecular weight excluding hydrogens is 204 g/mol. The summed E-state index contributed by atoms with van der Waals surface area (Å²) in [7, 11) is 3.39. The van der Waals surface area contributed by atoms with E-state index in [0.29, 0.717) is 0 Å². The van der Waals surface area contributed by atoms with Gasteiger partial charge in [-0.2, -0.15) is 0 Å². The largest absolute Gasteiger partial charge is 0.497 e. The van der Waals surface area contributed by atoms with Crippen LogP contribution in [0.3, 0.4) is 0 Å². The van der Waals surface area contributed by atoms with E-state index in [4.69, 9.17) is 9.47 Å². The van der Waals surface area contributed by atoms with Gasteiger partial charge in [-0.3, -0.25) is 0 Å². The van der Waals surface area contributed by atoms with Crippen molar-refractivity contribution in [3.05, 3.63) is 30.4 Å². The van der Waals surface area contributed by atoms with Gasteiger partial charge in [-0.1, -0.05) is 0 Å². The van der Waals surface area contributed by atoms with E-state index in [1.54, 1.807) is 14.2 Å². The van der Waals surface area contributed by atoms with E-state index in [-0.39, 0.29) is 0 Å². The molecule has 86 valence electrons. The number of aryl methyl sites for hydroxylation is 1. The first kappa shape index (κ1) is 11.0. The molecule has 0 saturated carbocycles. The fourth-order valence-electron chi connectivity index (χ4n) is 1.72. The summed E-state index contributed by atoms with van der Waals surface area (Å²) in [5.41, 5.74) is 1.06. The third kappa shape index (κ3) is 2.17. The summed E-state index contributed by atoms with van der Waals surface area (Å²) in [4.78, 5) is 4.39. The molecule has 0 spiro atoms. The van der Waals surface area contributed by atoms with Gasteiger partial charge in [0.25, 0.3) is 0 Å². The minimum Gasteiger partial charge on any atom is -0.497 e. The Hall–Kier alpha value is -1.55. The van der Waals surface area contributed by atoms with Crippen molar-refractivity contribution < 1.29 is 9.47 Å². The molecule has 2 heterocycles. The normalized spacial score (nSPS) is 10.9. The van der Waals surface area contributed by atoms with Crippen LogP contribution in [-0.2, 0) is 11.2 Å². The minimum absolute atomic E-state index is 0.769. The Bertz CT molecular complexity index is 465. The van der Waals surface area contributed by atoms with Crippen molar-refractivity contribution >= 4 is 5.52 Å². The van der Waals surface area contributed by atoms with Crippen LogP contribution in [0.15, 0.2) is 24.5 Å². The van der Waals surface area contributed by atoms with Gasteiger partial charge in [0, 0.05) is 32.4 Å². The van der Waals surface area contributed by atoms with E-state index >= 15 is 0 Å². The van der Waals surface area contributed by atoms with Gasteiger partial charge in [-0.05, 0) is 12.5 Å². The van der Waals surface area contributed by atoms with Gasteiger partial charge in [0.2, 0.25) is 0 Å². The third-order valence-electron chi connectivity index (χ3n) is 2.56. The highest BCUT2D eigenvalue weighted by molar-refractivity contribution is 5.50. The highest BCUT2D eigenvalue weighted by Gasteiger charge is 2.03. The lowest BCUT2D eigenvalue weighted by molar-refractivity contribution is 0.194. The molecule has 2 aromatic rings. The number of ether oxygens (including phenoxy) is 2. The Morgan fingerprint density at radius 1 is 1.38 bits per heavy atom. The molecule has 0 aliphatic carbocycles. The summed E-state index contributed by atoms with van der Waals surface area (Å²) in [5.74, 6) is 1.92. The standard InChI is InChI=1S/C12H16N2O2/c1-15-7-3-4-12-13-9-10-8-11(16-2)5-6-14(10)12/h5-6,8-9H,3-4,7H2,1-2H3. The number of imidazole rings is 1. The summed E-state index contributed by atoms with van der Waals surface area (Å²) in [6, 6.07) is 3.92. The maximum Gasteiger partial charge on any atom is 0.122 e. The van der Waals surface area contributed by atoms with Crippen molar-refractivity contribution in [3.63, 3.8) is 0 Å². The third-order valence-corrected chi connectivity index (χ3v) is 2.56. The van der Waals surface area contributed by atoms with Crippen molar-refractivity contribution in [2.24, 2.45) is 0 Å². The molecule has 4 heteroatoms. The first-order chi connectivity index (χ1) is 7.85. The number of rotatable bonds is 5. The van der Waals surface area contributed by atoms with Gasteiger partial charge in [0.1, 0.15) is 11.6 Å². The van der Waals surface area contributed by atoms with Crippen LogP contribution >= 0.6 is 0 Å². The SMILES string of the molecule is COCCCc1ncc2cc(OC)ccn12. The van der Waals surface area contributed by atoms with Crippen LogP contribution in [0, 0.1) is 0 Å². The smallest absolute Gasteiger partial charge is 0.122 e. The van der Waals surface area contributed by atoms with Gasteiger partial charge < -0.3 is 13.9 Å². The molecule has 16 heavy (non-hydrogen) atoms. The van der Waals surface area contributed by atoms with Crippen LogP contribution in [0.2, 0.25) is 0 Å².